The molecule has 0 aliphatic rings. The van der Waals surface area contributed by atoms with Gasteiger partial charge in [-0.05, 0) is 18.6 Å². The Labute approximate surface area is 175 Å². The van der Waals surface area contributed by atoms with Crippen molar-refractivity contribution in [1.82, 2.24) is 9.97 Å². The number of fused-ring (bicyclic) bond motifs is 1. The maximum Gasteiger partial charge on any atom is 0.258 e. The van der Waals surface area contributed by atoms with Gasteiger partial charge in [-0.1, -0.05) is 30.1 Å². The lowest BCUT2D eigenvalue weighted by Crippen LogP contribution is -2.17. The highest BCUT2D eigenvalue weighted by molar-refractivity contribution is 7.92. The van der Waals surface area contributed by atoms with Crippen LogP contribution in [0.25, 0.3) is 10.2 Å². The Morgan fingerprint density at radius 1 is 1.29 bits per heavy atom. The zero-order chi connectivity index (χ0) is 20.5. The van der Waals surface area contributed by atoms with Crippen LogP contribution in [0, 0.1) is 0 Å². The first-order valence-electron chi connectivity index (χ1n) is 8.01. The number of halogens is 2. The Bertz CT molecular complexity index is 1160. The molecule has 2 aromatic heterocycles. The number of nitrogens with zero attached hydrogens (tertiary/aromatic N) is 2. The highest BCUT2D eigenvalue weighted by atomic mass is 35.5. The van der Waals surface area contributed by atoms with Crippen molar-refractivity contribution in [3.05, 3.63) is 39.4 Å². The highest BCUT2D eigenvalue weighted by Crippen LogP contribution is 2.38. The summed E-state index contributed by atoms with van der Waals surface area (Å²) in [5, 5.41) is 4.35. The van der Waals surface area contributed by atoms with Crippen LogP contribution in [-0.2, 0) is 10.0 Å². The summed E-state index contributed by atoms with van der Waals surface area (Å²) in [4.78, 5) is 20.7. The smallest absolute Gasteiger partial charge is 0.258 e. The number of nitrogens with two attached hydrogens (primary N) is 1. The fourth-order valence-corrected chi connectivity index (χ4v) is 5.06. The minimum atomic E-state index is -3.56. The van der Waals surface area contributed by atoms with E-state index in [4.69, 9.17) is 28.9 Å². The van der Waals surface area contributed by atoms with Crippen LogP contribution in [0.4, 0.5) is 17.2 Å². The summed E-state index contributed by atoms with van der Waals surface area (Å²) in [5.41, 5.74) is 6.69. The zero-order valence-electron chi connectivity index (χ0n) is 14.5. The van der Waals surface area contributed by atoms with Gasteiger partial charge in [0.1, 0.15) is 12.1 Å². The lowest BCUT2D eigenvalue weighted by Gasteiger charge is -2.14. The minimum Gasteiger partial charge on any atom is -0.382 e. The number of nitrogens with one attached hydrogen (secondary N) is 2. The predicted octanol–water partition coefficient (Wildman–Crippen LogP) is 3.98. The SMILES string of the molecule is CCCS(=O)(=O)Nc1ccc(Cl)c(NC(=O)c2csc3c(N)ncnc23)c1Cl. The number of anilines is 3. The molecule has 0 saturated carbocycles. The normalized spacial score (nSPS) is 11.5. The van der Waals surface area contributed by atoms with Crippen molar-refractivity contribution >= 4 is 77.9 Å². The van der Waals surface area contributed by atoms with Crippen molar-refractivity contribution in [2.45, 2.75) is 13.3 Å². The van der Waals surface area contributed by atoms with Gasteiger partial charge in [0.2, 0.25) is 10.0 Å². The molecule has 2 heterocycles. The third-order valence-corrected chi connectivity index (χ3v) is 6.87. The second-order valence-corrected chi connectivity index (χ2v) is 9.25. The number of aromatic nitrogens is 2. The summed E-state index contributed by atoms with van der Waals surface area (Å²) in [6, 6.07) is 2.88. The molecule has 0 bridgehead atoms. The van der Waals surface area contributed by atoms with Crippen LogP contribution >= 0.6 is 34.5 Å². The molecule has 12 heteroatoms. The predicted molar refractivity (Wildman–Crippen MR) is 114 cm³/mol. The molecule has 0 spiro atoms. The van der Waals surface area contributed by atoms with E-state index in [1.807, 2.05) is 0 Å². The third kappa shape index (κ3) is 4.14. The molecule has 8 nitrogen and oxygen atoms in total. The van der Waals surface area contributed by atoms with Gasteiger partial charge >= 0.3 is 0 Å². The van der Waals surface area contributed by atoms with E-state index in [2.05, 4.69) is 20.0 Å². The van der Waals surface area contributed by atoms with Crippen LogP contribution < -0.4 is 15.8 Å². The van der Waals surface area contributed by atoms with Crippen LogP contribution in [0.5, 0.6) is 0 Å². The van der Waals surface area contributed by atoms with Crippen molar-refractivity contribution in [1.29, 1.82) is 0 Å². The van der Waals surface area contributed by atoms with Gasteiger partial charge in [-0.3, -0.25) is 9.52 Å². The van der Waals surface area contributed by atoms with Crippen molar-refractivity contribution in [2.24, 2.45) is 0 Å². The summed E-state index contributed by atoms with van der Waals surface area (Å²) in [6.45, 7) is 1.75. The van der Waals surface area contributed by atoms with E-state index in [0.29, 0.717) is 16.6 Å². The molecule has 0 radical (unpaired) electrons. The third-order valence-electron chi connectivity index (χ3n) is 3.69. The Balaban J connectivity index is 1.94. The molecule has 28 heavy (non-hydrogen) atoms. The number of carbonyl (C=O) groups excluding carboxylic acids is 1. The fourth-order valence-electron chi connectivity index (χ4n) is 2.44. The number of amides is 1. The van der Waals surface area contributed by atoms with Gasteiger partial charge in [-0.25, -0.2) is 18.4 Å². The highest BCUT2D eigenvalue weighted by Gasteiger charge is 2.20. The van der Waals surface area contributed by atoms with E-state index in [1.165, 1.54) is 29.8 Å². The number of sulfonamides is 1. The molecule has 0 fully saturated rings. The molecule has 0 unspecified atom stereocenters. The van der Waals surface area contributed by atoms with Crippen LogP contribution in [0.15, 0.2) is 23.8 Å². The number of carbonyl (C=O) groups is 1. The average molecular weight is 460 g/mol. The summed E-state index contributed by atoms with van der Waals surface area (Å²) >= 11 is 13.7. The standard InChI is InChI=1S/C16H15Cl2N5O3S2/c1-2-5-28(25,26)23-10-4-3-9(17)13(11(10)18)22-16(24)8-6-27-14-12(8)20-7-21-15(14)19/h3-4,6-7,23H,2,5H2,1H3,(H,22,24)(H2,19,20,21). The van der Waals surface area contributed by atoms with Crippen LogP contribution in [-0.4, -0.2) is 30.0 Å². The van der Waals surface area contributed by atoms with Crippen LogP contribution in [0.1, 0.15) is 23.7 Å². The number of hydrogen-bond acceptors (Lipinski definition) is 7. The van der Waals surface area contributed by atoms with Crippen molar-refractivity contribution < 1.29 is 13.2 Å². The van der Waals surface area contributed by atoms with Crippen molar-refractivity contribution in [2.75, 3.05) is 21.5 Å². The first-order chi connectivity index (χ1) is 13.2. The number of thiophene rings is 1. The second kappa shape index (κ2) is 8.08. The molecule has 0 atom stereocenters. The van der Waals surface area contributed by atoms with Gasteiger partial charge in [0.05, 0.1) is 43.0 Å². The molecular weight excluding hydrogens is 445 g/mol. The van der Waals surface area contributed by atoms with Gasteiger partial charge < -0.3 is 11.1 Å². The second-order valence-electron chi connectivity index (χ2n) is 5.75. The van der Waals surface area contributed by atoms with Gasteiger partial charge in [-0.15, -0.1) is 11.3 Å². The monoisotopic (exact) mass is 459 g/mol. The summed E-state index contributed by atoms with van der Waals surface area (Å²) in [6.07, 6.45) is 1.71. The zero-order valence-corrected chi connectivity index (χ0v) is 17.6. The Hall–Kier alpha value is -2.14. The summed E-state index contributed by atoms with van der Waals surface area (Å²) < 4.78 is 27.0. The number of hydrogen-bond donors (Lipinski definition) is 3. The number of benzene rings is 1. The quantitative estimate of drug-likeness (QED) is 0.511. The molecular formula is C16H15Cl2N5O3S2. The number of nitrogen functional groups attached to an aromatic ring is 1. The van der Waals surface area contributed by atoms with E-state index in [-0.39, 0.29) is 38.6 Å². The lowest BCUT2D eigenvalue weighted by atomic mass is 10.2. The fraction of sp³-hybridized carbons (Fsp3) is 0.188. The molecule has 1 amide bonds. The largest absolute Gasteiger partial charge is 0.382 e. The maximum absolute atomic E-state index is 12.7. The molecule has 148 valence electrons. The first kappa shape index (κ1) is 20.6. The van der Waals surface area contributed by atoms with Crippen molar-refractivity contribution in [3.63, 3.8) is 0 Å². The van der Waals surface area contributed by atoms with Gasteiger partial charge in [0, 0.05) is 5.38 Å². The average Bonchev–Trinajstić information content (AvgIpc) is 3.06. The minimum absolute atomic E-state index is 0.0193. The van der Waals surface area contributed by atoms with Gasteiger partial charge in [0.15, 0.2) is 0 Å². The topological polar surface area (TPSA) is 127 Å². The molecule has 0 saturated heterocycles. The van der Waals surface area contributed by atoms with E-state index in [0.717, 1.165) is 0 Å². The van der Waals surface area contributed by atoms with E-state index in [1.54, 1.807) is 12.3 Å². The van der Waals surface area contributed by atoms with Gasteiger partial charge in [0.25, 0.3) is 5.91 Å². The molecule has 1 aromatic carbocycles. The Morgan fingerprint density at radius 2 is 2.04 bits per heavy atom. The summed E-state index contributed by atoms with van der Waals surface area (Å²) in [7, 11) is -3.56. The molecule has 3 aromatic rings. The van der Waals surface area contributed by atoms with Crippen LogP contribution in [0.3, 0.4) is 0 Å². The van der Waals surface area contributed by atoms with Crippen LogP contribution in [0.2, 0.25) is 10.0 Å². The van der Waals surface area contributed by atoms with E-state index in [9.17, 15) is 13.2 Å². The Kier molecular flexibility index (Phi) is 5.94. The molecule has 4 N–H and O–H groups in total. The molecule has 3 rings (SSSR count). The van der Waals surface area contributed by atoms with Crippen molar-refractivity contribution in [3.8, 4) is 0 Å². The summed E-state index contributed by atoms with van der Waals surface area (Å²) in [5.74, 6) is -0.297. The first-order valence-corrected chi connectivity index (χ1v) is 11.3. The lowest BCUT2D eigenvalue weighted by molar-refractivity contribution is 0.102. The molecule has 0 aliphatic heterocycles. The Morgan fingerprint density at radius 3 is 2.75 bits per heavy atom. The maximum atomic E-state index is 12.7. The van der Waals surface area contributed by atoms with E-state index >= 15 is 0 Å². The van der Waals surface area contributed by atoms with Gasteiger partial charge in [-0.2, -0.15) is 0 Å². The molecule has 0 aliphatic carbocycles. The number of rotatable bonds is 6. The van der Waals surface area contributed by atoms with E-state index < -0.39 is 15.9 Å².